The van der Waals surface area contributed by atoms with Crippen LogP contribution in [0.25, 0.3) is 0 Å². The summed E-state index contributed by atoms with van der Waals surface area (Å²) >= 11 is 2.16. The van der Waals surface area contributed by atoms with Gasteiger partial charge < -0.3 is 5.11 Å². The van der Waals surface area contributed by atoms with Crippen LogP contribution in [0.2, 0.25) is 0 Å². The average molecular weight is 317 g/mol. The Labute approximate surface area is 100 Å². The lowest BCUT2D eigenvalue weighted by Gasteiger charge is -2.05. The topological polar surface area (TPSA) is 66.7 Å². The fraction of sp³-hybridized carbons (Fsp3) is 0.200. The maximum atomic E-state index is 10.7. The number of carbonyl (C=O) groups excluding carboxylic acids is 1. The van der Waals surface area contributed by atoms with Crippen LogP contribution in [0.5, 0.6) is 0 Å². The molecule has 1 N–H and O–H groups in total. The van der Waals surface area contributed by atoms with Crippen molar-refractivity contribution in [1.82, 2.24) is 0 Å². The highest BCUT2D eigenvalue weighted by molar-refractivity contribution is 14.1. The van der Waals surface area contributed by atoms with Crippen molar-refractivity contribution in [3.63, 3.8) is 0 Å². The molecule has 0 amide bonds. The molecule has 1 rings (SSSR count). The Morgan fingerprint density at radius 3 is 2.53 bits per heavy atom. The molecule has 0 spiro atoms. The minimum Gasteiger partial charge on any atom is -0.480 e. The maximum Gasteiger partial charge on any atom is 0.329 e. The molecule has 1 unspecified atom stereocenters. The van der Waals surface area contributed by atoms with Crippen LogP contribution in [0.3, 0.4) is 0 Å². The van der Waals surface area contributed by atoms with Gasteiger partial charge in [0, 0.05) is 9.99 Å². The maximum absolute atomic E-state index is 10.7. The van der Waals surface area contributed by atoms with Crippen molar-refractivity contribution in [2.45, 2.75) is 12.5 Å². The largest absolute Gasteiger partial charge is 0.480 e. The van der Waals surface area contributed by atoms with Gasteiger partial charge in [0.05, 0.1) is 0 Å². The van der Waals surface area contributed by atoms with E-state index in [4.69, 9.17) is 5.11 Å². The number of isocyanates is 1. The third-order valence-electron chi connectivity index (χ3n) is 1.84. The summed E-state index contributed by atoms with van der Waals surface area (Å²) in [6, 6.07) is 6.34. The van der Waals surface area contributed by atoms with Gasteiger partial charge in [-0.2, -0.15) is 4.99 Å². The summed E-state index contributed by atoms with van der Waals surface area (Å²) in [7, 11) is 0. The van der Waals surface area contributed by atoms with E-state index in [2.05, 4.69) is 27.6 Å². The second-order valence-corrected chi connectivity index (χ2v) is 4.15. The first-order valence-corrected chi connectivity index (χ1v) is 5.25. The zero-order valence-corrected chi connectivity index (χ0v) is 9.84. The number of halogens is 1. The van der Waals surface area contributed by atoms with Crippen LogP contribution >= 0.6 is 22.6 Å². The van der Waals surface area contributed by atoms with E-state index in [0.717, 1.165) is 9.13 Å². The van der Waals surface area contributed by atoms with Crippen molar-refractivity contribution in [1.29, 1.82) is 0 Å². The molecule has 0 bridgehead atoms. The van der Waals surface area contributed by atoms with E-state index in [1.165, 1.54) is 6.08 Å². The quantitative estimate of drug-likeness (QED) is 0.521. The smallest absolute Gasteiger partial charge is 0.329 e. The number of aliphatic imine (C=N–C) groups is 1. The molecular weight excluding hydrogens is 309 g/mol. The number of nitrogens with zero attached hydrogens (tertiary/aromatic N) is 1. The lowest BCUT2D eigenvalue weighted by atomic mass is 10.1. The Bertz CT molecular complexity index is 394. The van der Waals surface area contributed by atoms with Crippen LogP contribution in [-0.4, -0.2) is 23.2 Å². The molecule has 15 heavy (non-hydrogen) atoms. The number of carboxylic acids is 1. The van der Waals surface area contributed by atoms with Gasteiger partial charge in [0.25, 0.3) is 0 Å². The number of carboxylic acid groups (broad SMARTS) is 1. The van der Waals surface area contributed by atoms with Crippen molar-refractivity contribution < 1.29 is 14.7 Å². The molecule has 0 saturated heterocycles. The molecule has 0 aliphatic heterocycles. The van der Waals surface area contributed by atoms with E-state index in [0.29, 0.717) is 0 Å². The zero-order valence-electron chi connectivity index (χ0n) is 7.68. The standard InChI is InChI=1S/C10H8INO3/c11-8-3-1-7(2-4-8)5-9(10(14)15)12-6-13/h1-4,9H,5H2,(H,14,15). The van der Waals surface area contributed by atoms with E-state index in [-0.39, 0.29) is 6.42 Å². The number of hydrogen-bond donors (Lipinski definition) is 1. The Hall–Kier alpha value is -1.20. The fourth-order valence-electron chi connectivity index (χ4n) is 1.10. The molecule has 0 heterocycles. The van der Waals surface area contributed by atoms with E-state index in [1.54, 1.807) is 0 Å². The predicted molar refractivity (Wildman–Crippen MR) is 62.4 cm³/mol. The molecule has 1 aromatic carbocycles. The Morgan fingerprint density at radius 2 is 2.07 bits per heavy atom. The number of aliphatic carboxylic acids is 1. The van der Waals surface area contributed by atoms with Crippen molar-refractivity contribution >= 4 is 34.6 Å². The second-order valence-electron chi connectivity index (χ2n) is 2.91. The molecule has 0 aliphatic carbocycles. The van der Waals surface area contributed by atoms with Gasteiger partial charge in [0.1, 0.15) is 0 Å². The Morgan fingerprint density at radius 1 is 1.47 bits per heavy atom. The zero-order chi connectivity index (χ0) is 11.3. The van der Waals surface area contributed by atoms with Crippen LogP contribution in [0.4, 0.5) is 0 Å². The van der Waals surface area contributed by atoms with Crippen molar-refractivity contribution in [3.8, 4) is 0 Å². The highest BCUT2D eigenvalue weighted by Gasteiger charge is 2.16. The van der Waals surface area contributed by atoms with Gasteiger partial charge in [0.2, 0.25) is 6.08 Å². The van der Waals surface area contributed by atoms with Crippen LogP contribution in [0, 0.1) is 3.57 Å². The van der Waals surface area contributed by atoms with Gasteiger partial charge in [-0.1, -0.05) is 12.1 Å². The van der Waals surface area contributed by atoms with Gasteiger partial charge in [0.15, 0.2) is 6.04 Å². The third-order valence-corrected chi connectivity index (χ3v) is 2.56. The van der Waals surface area contributed by atoms with Gasteiger partial charge in [-0.3, -0.25) is 0 Å². The number of carbonyl (C=O) groups is 1. The average Bonchev–Trinajstić information content (AvgIpc) is 2.20. The van der Waals surface area contributed by atoms with Crippen LogP contribution in [0.1, 0.15) is 5.56 Å². The molecule has 0 aromatic heterocycles. The molecule has 0 radical (unpaired) electrons. The van der Waals surface area contributed by atoms with Crippen LogP contribution < -0.4 is 0 Å². The summed E-state index contributed by atoms with van der Waals surface area (Å²) in [4.78, 5) is 23.9. The van der Waals surface area contributed by atoms with Gasteiger partial charge in [-0.05, 0) is 40.3 Å². The summed E-state index contributed by atoms with van der Waals surface area (Å²) in [6.45, 7) is 0. The minimum atomic E-state index is -1.11. The second kappa shape index (κ2) is 5.63. The SMILES string of the molecule is O=C=NC(Cc1ccc(I)cc1)C(=O)O. The number of benzene rings is 1. The minimum absolute atomic E-state index is 0.210. The summed E-state index contributed by atoms with van der Waals surface area (Å²) in [5.74, 6) is -1.11. The molecule has 0 fully saturated rings. The lowest BCUT2D eigenvalue weighted by Crippen LogP contribution is -2.20. The first-order chi connectivity index (χ1) is 7.13. The Balaban J connectivity index is 2.78. The van der Waals surface area contributed by atoms with Gasteiger partial charge in [-0.25, -0.2) is 9.59 Å². The predicted octanol–water partition coefficient (Wildman–Crippen LogP) is 1.62. The third kappa shape index (κ3) is 3.81. The fourth-order valence-corrected chi connectivity index (χ4v) is 1.46. The molecule has 4 nitrogen and oxygen atoms in total. The van der Waals surface area contributed by atoms with Crippen molar-refractivity contribution in [2.75, 3.05) is 0 Å². The summed E-state index contributed by atoms with van der Waals surface area (Å²) in [5.41, 5.74) is 0.835. The first-order valence-electron chi connectivity index (χ1n) is 4.17. The number of rotatable bonds is 4. The summed E-state index contributed by atoms with van der Waals surface area (Å²) in [5, 5.41) is 8.75. The summed E-state index contributed by atoms with van der Waals surface area (Å²) < 4.78 is 1.07. The van der Waals surface area contributed by atoms with E-state index in [9.17, 15) is 9.59 Å². The lowest BCUT2D eigenvalue weighted by molar-refractivity contribution is -0.138. The monoisotopic (exact) mass is 317 g/mol. The van der Waals surface area contributed by atoms with Crippen LogP contribution in [-0.2, 0) is 16.0 Å². The van der Waals surface area contributed by atoms with Crippen LogP contribution in [0.15, 0.2) is 29.3 Å². The van der Waals surface area contributed by atoms with Gasteiger partial charge >= 0.3 is 5.97 Å². The summed E-state index contributed by atoms with van der Waals surface area (Å²) in [6.07, 6.45) is 1.48. The molecular formula is C10H8INO3. The van der Waals surface area contributed by atoms with E-state index < -0.39 is 12.0 Å². The Kier molecular flexibility index (Phi) is 4.45. The van der Waals surface area contributed by atoms with Crippen molar-refractivity contribution in [3.05, 3.63) is 33.4 Å². The number of hydrogen-bond acceptors (Lipinski definition) is 3. The van der Waals surface area contributed by atoms with E-state index in [1.807, 2.05) is 24.3 Å². The molecule has 1 aromatic rings. The van der Waals surface area contributed by atoms with E-state index >= 15 is 0 Å². The molecule has 5 heteroatoms. The van der Waals surface area contributed by atoms with Gasteiger partial charge in [-0.15, -0.1) is 0 Å². The molecule has 1 atom stereocenters. The molecule has 78 valence electrons. The molecule has 0 saturated carbocycles. The normalized spacial score (nSPS) is 11.5. The molecule has 0 aliphatic rings. The highest BCUT2D eigenvalue weighted by Crippen LogP contribution is 2.10. The van der Waals surface area contributed by atoms with Crippen molar-refractivity contribution in [2.24, 2.45) is 4.99 Å². The highest BCUT2D eigenvalue weighted by atomic mass is 127. The first kappa shape index (κ1) is 11.9.